The van der Waals surface area contributed by atoms with Crippen molar-refractivity contribution in [3.63, 3.8) is 0 Å². The van der Waals surface area contributed by atoms with Gasteiger partial charge in [0, 0.05) is 0 Å². The third kappa shape index (κ3) is 1.64. The third-order valence-electron chi connectivity index (χ3n) is 3.10. The molecule has 0 aromatic heterocycles. The van der Waals surface area contributed by atoms with E-state index >= 15 is 0 Å². The highest BCUT2D eigenvalue weighted by Crippen LogP contribution is 2.25. The maximum atomic E-state index is 11.7. The SMILES string of the molecule is COC(=O)C1CCCC2C(=O)NCC(=O)N21. The molecule has 2 saturated heterocycles. The smallest absolute Gasteiger partial charge is 0.328 e. The van der Waals surface area contributed by atoms with E-state index in [1.54, 1.807) is 0 Å². The van der Waals surface area contributed by atoms with Crippen LogP contribution in [0.1, 0.15) is 19.3 Å². The normalized spacial score (nSPS) is 29.4. The molecule has 6 nitrogen and oxygen atoms in total. The van der Waals surface area contributed by atoms with Gasteiger partial charge in [-0.25, -0.2) is 4.79 Å². The van der Waals surface area contributed by atoms with E-state index in [1.807, 2.05) is 0 Å². The summed E-state index contributed by atoms with van der Waals surface area (Å²) in [6.07, 6.45) is 1.94. The minimum absolute atomic E-state index is 0.0250. The molecule has 0 radical (unpaired) electrons. The molecule has 0 aromatic rings. The third-order valence-corrected chi connectivity index (χ3v) is 3.10. The van der Waals surface area contributed by atoms with Crippen LogP contribution in [0.25, 0.3) is 0 Å². The van der Waals surface area contributed by atoms with Crippen molar-refractivity contribution in [2.24, 2.45) is 0 Å². The highest BCUT2D eigenvalue weighted by Gasteiger charge is 2.44. The topological polar surface area (TPSA) is 75.7 Å². The number of fused-ring (bicyclic) bond motifs is 1. The Labute approximate surface area is 92.9 Å². The fraction of sp³-hybridized carbons (Fsp3) is 0.700. The number of hydrogen-bond donors (Lipinski definition) is 1. The first-order chi connectivity index (χ1) is 7.65. The van der Waals surface area contributed by atoms with E-state index in [1.165, 1.54) is 12.0 Å². The Morgan fingerprint density at radius 3 is 2.88 bits per heavy atom. The van der Waals surface area contributed by atoms with Crippen molar-refractivity contribution in [3.05, 3.63) is 0 Å². The summed E-state index contributed by atoms with van der Waals surface area (Å²) in [4.78, 5) is 36.2. The standard InChI is InChI=1S/C10H14N2O4/c1-16-10(15)7-4-2-3-6-9(14)11-5-8(13)12(6)7/h6-7H,2-5H2,1H3,(H,11,14). The van der Waals surface area contributed by atoms with E-state index < -0.39 is 18.1 Å². The van der Waals surface area contributed by atoms with Crippen molar-refractivity contribution in [2.75, 3.05) is 13.7 Å². The zero-order valence-electron chi connectivity index (χ0n) is 9.06. The van der Waals surface area contributed by atoms with Gasteiger partial charge < -0.3 is 15.0 Å². The lowest BCUT2D eigenvalue weighted by Crippen LogP contribution is -2.64. The van der Waals surface area contributed by atoms with E-state index in [0.717, 1.165) is 6.42 Å². The fourth-order valence-electron chi connectivity index (χ4n) is 2.34. The lowest BCUT2D eigenvalue weighted by atomic mass is 9.93. The number of hydrogen-bond acceptors (Lipinski definition) is 4. The second-order valence-corrected chi connectivity index (χ2v) is 4.00. The number of carbonyl (C=O) groups is 3. The van der Waals surface area contributed by atoms with Crippen LogP contribution < -0.4 is 5.32 Å². The Kier molecular flexibility index (Phi) is 2.80. The van der Waals surface area contributed by atoms with Crippen molar-refractivity contribution in [1.82, 2.24) is 10.2 Å². The van der Waals surface area contributed by atoms with Crippen molar-refractivity contribution < 1.29 is 19.1 Å². The molecule has 88 valence electrons. The minimum atomic E-state index is -0.595. The van der Waals surface area contributed by atoms with Gasteiger partial charge in [-0.3, -0.25) is 9.59 Å². The van der Waals surface area contributed by atoms with Gasteiger partial charge in [0.25, 0.3) is 0 Å². The second kappa shape index (κ2) is 4.11. The zero-order valence-corrected chi connectivity index (χ0v) is 9.06. The number of amides is 2. The predicted molar refractivity (Wildman–Crippen MR) is 53.3 cm³/mol. The first-order valence-electron chi connectivity index (χ1n) is 5.32. The molecule has 16 heavy (non-hydrogen) atoms. The number of rotatable bonds is 1. The molecule has 2 unspecified atom stereocenters. The largest absolute Gasteiger partial charge is 0.467 e. The van der Waals surface area contributed by atoms with Crippen molar-refractivity contribution in [1.29, 1.82) is 0 Å². The second-order valence-electron chi connectivity index (χ2n) is 4.00. The van der Waals surface area contributed by atoms with Gasteiger partial charge in [-0.15, -0.1) is 0 Å². The first kappa shape index (κ1) is 10.9. The molecule has 0 aliphatic carbocycles. The van der Waals surface area contributed by atoms with Crippen LogP contribution >= 0.6 is 0 Å². The van der Waals surface area contributed by atoms with Gasteiger partial charge in [-0.2, -0.15) is 0 Å². The Morgan fingerprint density at radius 2 is 2.19 bits per heavy atom. The summed E-state index contributed by atoms with van der Waals surface area (Å²) >= 11 is 0. The molecule has 0 bridgehead atoms. The number of esters is 1. The molecular formula is C10H14N2O4. The highest BCUT2D eigenvalue weighted by atomic mass is 16.5. The molecule has 6 heteroatoms. The number of carbonyl (C=O) groups excluding carboxylic acids is 3. The van der Waals surface area contributed by atoms with Crippen LogP contribution in [0.2, 0.25) is 0 Å². The molecule has 2 atom stereocenters. The van der Waals surface area contributed by atoms with E-state index in [-0.39, 0.29) is 18.4 Å². The molecule has 0 saturated carbocycles. The number of ether oxygens (including phenoxy) is 1. The van der Waals surface area contributed by atoms with E-state index in [9.17, 15) is 14.4 Å². The minimum Gasteiger partial charge on any atom is -0.467 e. The van der Waals surface area contributed by atoms with Crippen LogP contribution in [-0.4, -0.2) is 48.4 Å². The van der Waals surface area contributed by atoms with Crippen LogP contribution in [0.5, 0.6) is 0 Å². The molecule has 0 spiro atoms. The van der Waals surface area contributed by atoms with E-state index in [0.29, 0.717) is 12.8 Å². The molecule has 2 aliphatic rings. The van der Waals surface area contributed by atoms with E-state index in [2.05, 4.69) is 10.1 Å². The Balaban J connectivity index is 2.24. The van der Waals surface area contributed by atoms with Crippen LogP contribution in [0, 0.1) is 0 Å². The lowest BCUT2D eigenvalue weighted by Gasteiger charge is -2.42. The Hall–Kier alpha value is -1.59. The number of nitrogens with one attached hydrogen (secondary N) is 1. The van der Waals surface area contributed by atoms with Crippen LogP contribution in [-0.2, 0) is 19.1 Å². The number of methoxy groups -OCH3 is 1. The summed E-state index contributed by atoms with van der Waals surface area (Å²) in [5.41, 5.74) is 0. The average molecular weight is 226 g/mol. The van der Waals surface area contributed by atoms with Crippen molar-refractivity contribution >= 4 is 17.8 Å². The van der Waals surface area contributed by atoms with Crippen LogP contribution in [0.4, 0.5) is 0 Å². The summed E-state index contributed by atoms with van der Waals surface area (Å²) in [7, 11) is 1.29. The fourth-order valence-corrected chi connectivity index (χ4v) is 2.34. The summed E-state index contributed by atoms with van der Waals surface area (Å²) in [5.74, 6) is -0.819. The molecule has 1 N–H and O–H groups in total. The van der Waals surface area contributed by atoms with Crippen LogP contribution in [0.15, 0.2) is 0 Å². The molecule has 2 aliphatic heterocycles. The van der Waals surface area contributed by atoms with Crippen molar-refractivity contribution in [2.45, 2.75) is 31.3 Å². The maximum absolute atomic E-state index is 11.7. The average Bonchev–Trinajstić information content (AvgIpc) is 2.32. The molecular weight excluding hydrogens is 212 g/mol. The zero-order chi connectivity index (χ0) is 11.7. The summed E-state index contributed by atoms with van der Waals surface area (Å²) < 4.78 is 4.66. The number of piperidine rings is 1. The monoisotopic (exact) mass is 226 g/mol. The summed E-state index contributed by atoms with van der Waals surface area (Å²) in [5, 5.41) is 2.53. The van der Waals surface area contributed by atoms with Crippen LogP contribution in [0.3, 0.4) is 0 Å². The molecule has 2 fully saturated rings. The molecule has 0 aromatic carbocycles. The molecule has 2 amide bonds. The van der Waals surface area contributed by atoms with Gasteiger partial charge in [0.1, 0.15) is 12.1 Å². The number of nitrogens with zero attached hydrogens (tertiary/aromatic N) is 1. The lowest BCUT2D eigenvalue weighted by molar-refractivity contribution is -0.162. The van der Waals surface area contributed by atoms with Crippen molar-refractivity contribution in [3.8, 4) is 0 Å². The van der Waals surface area contributed by atoms with E-state index in [4.69, 9.17) is 0 Å². The van der Waals surface area contributed by atoms with Gasteiger partial charge in [0.15, 0.2) is 0 Å². The maximum Gasteiger partial charge on any atom is 0.328 e. The molecule has 2 heterocycles. The summed E-state index contributed by atoms with van der Waals surface area (Å²) in [6.45, 7) is -0.0250. The highest BCUT2D eigenvalue weighted by molar-refractivity contribution is 5.97. The number of piperazine rings is 1. The quantitative estimate of drug-likeness (QED) is 0.584. The first-order valence-corrected chi connectivity index (χ1v) is 5.32. The Morgan fingerprint density at radius 1 is 1.44 bits per heavy atom. The summed E-state index contributed by atoms with van der Waals surface area (Å²) in [6, 6.07) is -1.10. The van der Waals surface area contributed by atoms with Gasteiger partial charge in [-0.05, 0) is 19.3 Å². The van der Waals surface area contributed by atoms with Gasteiger partial charge >= 0.3 is 5.97 Å². The van der Waals surface area contributed by atoms with Gasteiger partial charge in [-0.1, -0.05) is 0 Å². The molecule has 2 rings (SSSR count). The van der Waals surface area contributed by atoms with Gasteiger partial charge in [0.05, 0.1) is 13.7 Å². The predicted octanol–water partition coefficient (Wildman–Crippen LogP) is -0.961. The Bertz CT molecular complexity index is 342. The van der Waals surface area contributed by atoms with Gasteiger partial charge in [0.2, 0.25) is 11.8 Å².